The zero-order chi connectivity index (χ0) is 5.98. The number of aromatic nitrogens is 2. The van der Waals surface area contributed by atoms with Crippen LogP contribution in [0.3, 0.4) is 0 Å². The molecule has 4 heteroatoms. The predicted octanol–water partition coefficient (Wildman–Crippen LogP) is 0.0893. The first kappa shape index (κ1) is 5.24. The Labute approximate surface area is 46.7 Å². The van der Waals surface area contributed by atoms with Crippen molar-refractivity contribution in [2.24, 2.45) is 5.73 Å². The Balaban J connectivity index is 2.77. The van der Waals surface area contributed by atoms with Gasteiger partial charge in [-0.25, -0.2) is 0 Å². The Hall–Kier alpha value is -0.900. The molecule has 4 nitrogen and oxygen atoms in total. The van der Waals surface area contributed by atoms with Gasteiger partial charge in [-0.15, -0.1) is 5.10 Å². The molecule has 0 aromatic carbocycles. The molecule has 44 valence electrons. The largest absolute Gasteiger partial charge is 0.340 e. The van der Waals surface area contributed by atoms with E-state index in [9.17, 15) is 0 Å². The van der Waals surface area contributed by atoms with Crippen molar-refractivity contribution >= 4 is 0 Å². The van der Waals surface area contributed by atoms with Crippen LogP contribution in [-0.4, -0.2) is 10.4 Å². The van der Waals surface area contributed by atoms with Gasteiger partial charge in [-0.3, -0.25) is 0 Å². The SMILES string of the molecule is CC(N)c1cnno1. The van der Waals surface area contributed by atoms with Crippen LogP contribution >= 0.6 is 0 Å². The van der Waals surface area contributed by atoms with Crippen LogP contribution in [0.2, 0.25) is 0 Å². The van der Waals surface area contributed by atoms with Crippen LogP contribution < -0.4 is 5.73 Å². The molecule has 2 N–H and O–H groups in total. The lowest BCUT2D eigenvalue weighted by Gasteiger charge is -1.92. The molecule has 0 fully saturated rings. The van der Waals surface area contributed by atoms with E-state index >= 15 is 0 Å². The molecule has 0 bridgehead atoms. The molecule has 1 unspecified atom stereocenters. The van der Waals surface area contributed by atoms with Gasteiger partial charge in [0.15, 0.2) is 5.76 Å². The van der Waals surface area contributed by atoms with E-state index in [0.717, 1.165) is 0 Å². The summed E-state index contributed by atoms with van der Waals surface area (Å²) in [5.41, 5.74) is 5.38. The Morgan fingerprint density at radius 1 is 1.88 bits per heavy atom. The van der Waals surface area contributed by atoms with Gasteiger partial charge in [0.1, 0.15) is 0 Å². The molecule has 0 spiro atoms. The average Bonchev–Trinajstić information content (AvgIpc) is 2.12. The van der Waals surface area contributed by atoms with Gasteiger partial charge in [-0.1, -0.05) is 0 Å². The molecule has 0 amide bonds. The minimum absolute atomic E-state index is 0.106. The lowest BCUT2D eigenvalue weighted by Crippen LogP contribution is -2.02. The van der Waals surface area contributed by atoms with E-state index < -0.39 is 0 Å². The molecular formula is C4H7N3O. The molecule has 0 aliphatic rings. The maximum atomic E-state index is 5.38. The molecule has 1 heterocycles. The summed E-state index contributed by atoms with van der Waals surface area (Å²) in [6.45, 7) is 1.81. The second-order valence-electron chi connectivity index (χ2n) is 1.61. The Morgan fingerprint density at radius 2 is 2.62 bits per heavy atom. The van der Waals surface area contributed by atoms with Gasteiger partial charge < -0.3 is 10.3 Å². The summed E-state index contributed by atoms with van der Waals surface area (Å²) in [6.07, 6.45) is 1.50. The summed E-state index contributed by atoms with van der Waals surface area (Å²) >= 11 is 0. The van der Waals surface area contributed by atoms with Crippen molar-refractivity contribution in [2.45, 2.75) is 13.0 Å². The van der Waals surface area contributed by atoms with Crippen LogP contribution in [0.4, 0.5) is 0 Å². The van der Waals surface area contributed by atoms with E-state index in [0.29, 0.717) is 5.76 Å². The number of nitrogens with two attached hydrogens (primary N) is 1. The van der Waals surface area contributed by atoms with E-state index in [1.165, 1.54) is 6.20 Å². The molecule has 0 saturated carbocycles. The Morgan fingerprint density at radius 3 is 2.88 bits per heavy atom. The zero-order valence-electron chi connectivity index (χ0n) is 4.53. The Bertz CT molecular complexity index is 146. The van der Waals surface area contributed by atoms with Crippen molar-refractivity contribution in [3.8, 4) is 0 Å². The van der Waals surface area contributed by atoms with Crippen molar-refractivity contribution in [3.05, 3.63) is 12.0 Å². The molecule has 1 atom stereocenters. The molecule has 1 aromatic rings. The third-order valence-electron chi connectivity index (χ3n) is 0.827. The van der Waals surface area contributed by atoms with Crippen molar-refractivity contribution in [1.29, 1.82) is 0 Å². The lowest BCUT2D eigenvalue weighted by molar-refractivity contribution is 0.349. The van der Waals surface area contributed by atoms with Crippen LogP contribution in [0.5, 0.6) is 0 Å². The van der Waals surface area contributed by atoms with Gasteiger partial charge in [0.2, 0.25) is 0 Å². The van der Waals surface area contributed by atoms with E-state index in [2.05, 4.69) is 14.9 Å². The fourth-order valence-corrected chi connectivity index (χ4v) is 0.375. The van der Waals surface area contributed by atoms with Crippen molar-refractivity contribution in [2.75, 3.05) is 0 Å². The van der Waals surface area contributed by atoms with Crippen LogP contribution in [0.25, 0.3) is 0 Å². The fraction of sp³-hybridized carbons (Fsp3) is 0.500. The van der Waals surface area contributed by atoms with Crippen LogP contribution in [-0.2, 0) is 0 Å². The summed E-state index contributed by atoms with van der Waals surface area (Å²) in [6, 6.07) is -0.106. The van der Waals surface area contributed by atoms with Gasteiger partial charge >= 0.3 is 0 Å². The highest BCUT2D eigenvalue weighted by Gasteiger charge is 2.01. The number of rotatable bonds is 1. The smallest absolute Gasteiger partial charge is 0.173 e. The first-order chi connectivity index (χ1) is 3.80. The van der Waals surface area contributed by atoms with Crippen LogP contribution in [0.1, 0.15) is 18.7 Å². The molecule has 0 aliphatic carbocycles. The second-order valence-corrected chi connectivity index (χ2v) is 1.61. The van der Waals surface area contributed by atoms with Crippen molar-refractivity contribution in [1.82, 2.24) is 10.4 Å². The topological polar surface area (TPSA) is 64.9 Å². The van der Waals surface area contributed by atoms with E-state index in [-0.39, 0.29) is 6.04 Å². The maximum Gasteiger partial charge on any atom is 0.173 e. The number of nitrogens with zero attached hydrogens (tertiary/aromatic N) is 2. The third kappa shape index (κ3) is 0.840. The highest BCUT2D eigenvalue weighted by molar-refractivity contribution is 4.90. The monoisotopic (exact) mass is 113 g/mol. The first-order valence-corrected chi connectivity index (χ1v) is 2.33. The van der Waals surface area contributed by atoms with E-state index in [4.69, 9.17) is 5.73 Å². The maximum absolute atomic E-state index is 5.38. The van der Waals surface area contributed by atoms with Gasteiger partial charge in [0.05, 0.1) is 12.2 Å². The summed E-state index contributed by atoms with van der Waals surface area (Å²) in [5, 5.41) is 6.69. The number of hydrogen-bond donors (Lipinski definition) is 1. The van der Waals surface area contributed by atoms with Gasteiger partial charge in [0.25, 0.3) is 0 Å². The average molecular weight is 113 g/mol. The molecule has 0 radical (unpaired) electrons. The molecule has 1 aromatic heterocycles. The van der Waals surface area contributed by atoms with Crippen LogP contribution in [0, 0.1) is 0 Å². The van der Waals surface area contributed by atoms with Crippen LogP contribution in [0.15, 0.2) is 10.7 Å². The highest BCUT2D eigenvalue weighted by atomic mass is 16.5. The van der Waals surface area contributed by atoms with Crippen molar-refractivity contribution in [3.63, 3.8) is 0 Å². The summed E-state index contributed by atoms with van der Waals surface area (Å²) in [4.78, 5) is 0. The molecule has 8 heavy (non-hydrogen) atoms. The summed E-state index contributed by atoms with van der Waals surface area (Å²) < 4.78 is 4.61. The normalized spacial score (nSPS) is 13.8. The quantitative estimate of drug-likeness (QED) is 0.560. The predicted molar refractivity (Wildman–Crippen MR) is 26.9 cm³/mol. The lowest BCUT2D eigenvalue weighted by atomic mass is 10.3. The molecule has 1 rings (SSSR count). The molecular weight excluding hydrogens is 106 g/mol. The van der Waals surface area contributed by atoms with Gasteiger partial charge in [-0.05, 0) is 6.92 Å². The standard InChI is InChI=1S/C4H7N3O/c1-3(5)4-2-6-7-8-4/h2-3H,5H2,1H3. The molecule has 0 aliphatic heterocycles. The first-order valence-electron chi connectivity index (χ1n) is 2.33. The Kier molecular flexibility index (Phi) is 1.26. The zero-order valence-corrected chi connectivity index (χ0v) is 4.53. The second kappa shape index (κ2) is 1.92. The minimum atomic E-state index is -0.106. The van der Waals surface area contributed by atoms with Crippen molar-refractivity contribution < 1.29 is 4.52 Å². The minimum Gasteiger partial charge on any atom is -0.340 e. The van der Waals surface area contributed by atoms with Gasteiger partial charge in [-0.2, -0.15) is 0 Å². The summed E-state index contributed by atoms with van der Waals surface area (Å²) in [7, 11) is 0. The summed E-state index contributed by atoms with van der Waals surface area (Å²) in [5.74, 6) is 0.616. The highest BCUT2D eigenvalue weighted by Crippen LogP contribution is 2.03. The molecule has 0 saturated heterocycles. The fourth-order valence-electron chi connectivity index (χ4n) is 0.375. The van der Waals surface area contributed by atoms with E-state index in [1.807, 2.05) is 6.92 Å². The third-order valence-corrected chi connectivity index (χ3v) is 0.827. The van der Waals surface area contributed by atoms with E-state index in [1.54, 1.807) is 0 Å². The van der Waals surface area contributed by atoms with Gasteiger partial charge in [0, 0.05) is 5.27 Å². The number of hydrogen-bond acceptors (Lipinski definition) is 4.